The molecule has 1 unspecified atom stereocenters. The molecule has 6 heteroatoms. The molecule has 1 aliphatic rings. The summed E-state index contributed by atoms with van der Waals surface area (Å²) in [7, 11) is 1.59. The summed E-state index contributed by atoms with van der Waals surface area (Å²) in [5.74, 6) is 0.675. The quantitative estimate of drug-likeness (QED) is 0.669. The number of nitrogens with zero attached hydrogens (tertiary/aromatic N) is 2. The molecule has 2 aromatic rings. The van der Waals surface area contributed by atoms with E-state index in [1.807, 2.05) is 12.1 Å². The van der Waals surface area contributed by atoms with Gasteiger partial charge in [0.1, 0.15) is 17.1 Å². The fourth-order valence-corrected chi connectivity index (χ4v) is 2.64. The highest BCUT2D eigenvalue weighted by Gasteiger charge is 2.27. The van der Waals surface area contributed by atoms with Crippen LogP contribution >= 0.6 is 0 Å². The Morgan fingerprint density at radius 3 is 2.77 bits per heavy atom. The maximum Gasteiger partial charge on any atom is 0.185 e. The Morgan fingerprint density at radius 2 is 2.18 bits per heavy atom. The molecule has 1 aliphatic heterocycles. The van der Waals surface area contributed by atoms with Crippen LogP contribution in [0.3, 0.4) is 0 Å². The Balaban J connectivity index is 2.00. The molecule has 0 aliphatic carbocycles. The Kier molecular flexibility index (Phi) is 4.02. The van der Waals surface area contributed by atoms with E-state index in [0.717, 1.165) is 24.4 Å². The number of ether oxygens (including phenoxy) is 1. The first-order chi connectivity index (χ1) is 10.7. The number of nitrogens with one attached hydrogen (secondary N) is 1. The molecule has 1 aromatic carbocycles. The van der Waals surface area contributed by atoms with Gasteiger partial charge in [0.05, 0.1) is 12.8 Å². The van der Waals surface area contributed by atoms with Crippen LogP contribution in [0.25, 0.3) is 5.69 Å². The van der Waals surface area contributed by atoms with E-state index in [2.05, 4.69) is 10.4 Å². The first kappa shape index (κ1) is 14.5. The van der Waals surface area contributed by atoms with Gasteiger partial charge >= 0.3 is 0 Å². The Labute approximate surface area is 128 Å². The minimum atomic E-state index is -0.0619. The summed E-state index contributed by atoms with van der Waals surface area (Å²) in [6, 6.07) is 8.76. The predicted octanol–water partition coefficient (Wildman–Crippen LogP) is 1.49. The normalized spacial score (nSPS) is 17.4. The van der Waals surface area contributed by atoms with Gasteiger partial charge in [-0.05, 0) is 43.3 Å². The van der Waals surface area contributed by atoms with Gasteiger partial charge in [-0.1, -0.05) is 0 Å². The van der Waals surface area contributed by atoms with Crippen molar-refractivity contribution in [3.63, 3.8) is 0 Å². The summed E-state index contributed by atoms with van der Waals surface area (Å²) in [5.41, 5.74) is 1.43. The van der Waals surface area contributed by atoms with Gasteiger partial charge in [-0.25, -0.2) is 4.68 Å². The van der Waals surface area contributed by atoms with Crippen molar-refractivity contribution < 1.29 is 14.3 Å². The molecule has 1 saturated heterocycles. The van der Waals surface area contributed by atoms with Crippen molar-refractivity contribution in [2.75, 3.05) is 20.2 Å². The molecule has 1 atom stereocenters. The van der Waals surface area contributed by atoms with Crippen molar-refractivity contribution in [2.24, 2.45) is 5.92 Å². The standard InChI is InChI=1S/C16H17N3O3/c1-22-14-4-2-13(3-5-14)19-15(8-12(10-20)18-19)16(21)11-6-7-17-9-11/h2-5,8,10-11,17H,6-7,9H2,1H3. The number of benzene rings is 1. The van der Waals surface area contributed by atoms with Crippen LogP contribution in [0.5, 0.6) is 5.75 Å². The molecule has 1 N–H and O–H groups in total. The van der Waals surface area contributed by atoms with Crippen LogP contribution in [0.1, 0.15) is 27.4 Å². The van der Waals surface area contributed by atoms with Gasteiger partial charge in [0.2, 0.25) is 0 Å². The second-order valence-corrected chi connectivity index (χ2v) is 5.24. The van der Waals surface area contributed by atoms with Gasteiger partial charge in [0.15, 0.2) is 12.1 Å². The third-order valence-electron chi connectivity index (χ3n) is 3.85. The molecular weight excluding hydrogens is 282 g/mol. The van der Waals surface area contributed by atoms with Crippen molar-refractivity contribution in [3.8, 4) is 11.4 Å². The van der Waals surface area contributed by atoms with E-state index in [0.29, 0.717) is 18.5 Å². The highest BCUT2D eigenvalue weighted by atomic mass is 16.5. The highest BCUT2D eigenvalue weighted by molar-refractivity contribution is 5.98. The van der Waals surface area contributed by atoms with Crippen molar-refractivity contribution in [3.05, 3.63) is 41.7 Å². The zero-order valence-electron chi connectivity index (χ0n) is 12.3. The SMILES string of the molecule is COc1ccc(-n2nc(C=O)cc2C(=O)C2CCNC2)cc1. The number of carbonyl (C=O) groups is 2. The largest absolute Gasteiger partial charge is 0.497 e. The molecule has 3 rings (SSSR count). The molecule has 2 heterocycles. The van der Waals surface area contributed by atoms with E-state index in [1.165, 1.54) is 4.68 Å². The summed E-state index contributed by atoms with van der Waals surface area (Å²) >= 11 is 0. The Morgan fingerprint density at radius 1 is 1.41 bits per heavy atom. The molecule has 114 valence electrons. The van der Waals surface area contributed by atoms with E-state index < -0.39 is 0 Å². The van der Waals surface area contributed by atoms with Gasteiger partial charge in [-0.3, -0.25) is 9.59 Å². The molecule has 1 aromatic heterocycles. The number of carbonyl (C=O) groups excluding carboxylic acids is 2. The first-order valence-electron chi connectivity index (χ1n) is 7.17. The minimum Gasteiger partial charge on any atom is -0.497 e. The minimum absolute atomic E-state index is 0.0152. The molecule has 6 nitrogen and oxygen atoms in total. The lowest BCUT2D eigenvalue weighted by Gasteiger charge is -2.10. The number of methoxy groups -OCH3 is 1. The second-order valence-electron chi connectivity index (χ2n) is 5.24. The second kappa shape index (κ2) is 6.11. The van der Waals surface area contributed by atoms with Gasteiger partial charge in [0, 0.05) is 12.5 Å². The number of Topliss-reactive ketones (excluding diaryl/α,β-unsaturated/α-hetero) is 1. The van der Waals surface area contributed by atoms with Gasteiger partial charge in [0.25, 0.3) is 0 Å². The van der Waals surface area contributed by atoms with Crippen molar-refractivity contribution in [2.45, 2.75) is 6.42 Å². The predicted molar refractivity (Wildman–Crippen MR) is 80.8 cm³/mol. The van der Waals surface area contributed by atoms with Crippen LogP contribution < -0.4 is 10.1 Å². The highest BCUT2D eigenvalue weighted by Crippen LogP contribution is 2.21. The van der Waals surface area contributed by atoms with E-state index in [4.69, 9.17) is 4.74 Å². The maximum atomic E-state index is 12.7. The number of hydrogen-bond acceptors (Lipinski definition) is 5. The average molecular weight is 299 g/mol. The van der Waals surface area contributed by atoms with Crippen molar-refractivity contribution in [1.82, 2.24) is 15.1 Å². The summed E-state index contributed by atoms with van der Waals surface area (Å²) in [6.07, 6.45) is 1.47. The van der Waals surface area contributed by atoms with Crippen LogP contribution in [-0.4, -0.2) is 42.0 Å². The van der Waals surface area contributed by atoms with Crippen LogP contribution in [0.4, 0.5) is 0 Å². The summed E-state index contributed by atoms with van der Waals surface area (Å²) in [5, 5.41) is 7.39. The molecule has 0 radical (unpaired) electrons. The lowest BCUT2D eigenvalue weighted by atomic mass is 10.0. The molecule has 0 bridgehead atoms. The van der Waals surface area contributed by atoms with Crippen molar-refractivity contribution >= 4 is 12.1 Å². The zero-order valence-corrected chi connectivity index (χ0v) is 12.3. The van der Waals surface area contributed by atoms with Crippen LogP contribution in [0.2, 0.25) is 0 Å². The summed E-state index contributed by atoms with van der Waals surface area (Å²) < 4.78 is 6.66. The number of aldehydes is 1. The molecule has 22 heavy (non-hydrogen) atoms. The number of aromatic nitrogens is 2. The summed E-state index contributed by atoms with van der Waals surface area (Å²) in [6.45, 7) is 1.51. The molecule has 1 fully saturated rings. The fourth-order valence-electron chi connectivity index (χ4n) is 2.64. The number of ketones is 1. The smallest absolute Gasteiger partial charge is 0.185 e. The van der Waals surface area contributed by atoms with Crippen LogP contribution in [0, 0.1) is 5.92 Å². The van der Waals surface area contributed by atoms with E-state index >= 15 is 0 Å². The molecular formula is C16H17N3O3. The fraction of sp³-hybridized carbons (Fsp3) is 0.312. The molecule has 0 amide bonds. The molecule has 0 spiro atoms. The topological polar surface area (TPSA) is 73.2 Å². The van der Waals surface area contributed by atoms with E-state index in [-0.39, 0.29) is 17.4 Å². The van der Waals surface area contributed by atoms with E-state index in [9.17, 15) is 9.59 Å². The van der Waals surface area contributed by atoms with Gasteiger partial charge in [-0.15, -0.1) is 0 Å². The first-order valence-corrected chi connectivity index (χ1v) is 7.17. The molecule has 0 saturated carbocycles. The van der Waals surface area contributed by atoms with Crippen LogP contribution in [-0.2, 0) is 0 Å². The van der Waals surface area contributed by atoms with E-state index in [1.54, 1.807) is 25.3 Å². The Bertz CT molecular complexity index is 685. The zero-order chi connectivity index (χ0) is 15.5. The number of rotatable bonds is 5. The lowest BCUT2D eigenvalue weighted by Crippen LogP contribution is -2.20. The summed E-state index contributed by atoms with van der Waals surface area (Å²) in [4.78, 5) is 23.7. The maximum absolute atomic E-state index is 12.7. The van der Waals surface area contributed by atoms with Crippen LogP contribution in [0.15, 0.2) is 30.3 Å². The van der Waals surface area contributed by atoms with Gasteiger partial charge in [-0.2, -0.15) is 5.10 Å². The monoisotopic (exact) mass is 299 g/mol. The third-order valence-corrected chi connectivity index (χ3v) is 3.85. The third kappa shape index (κ3) is 2.65. The number of hydrogen-bond donors (Lipinski definition) is 1. The Hall–Kier alpha value is -2.47. The van der Waals surface area contributed by atoms with Crippen molar-refractivity contribution in [1.29, 1.82) is 0 Å². The lowest BCUT2D eigenvalue weighted by molar-refractivity contribution is 0.0922. The van der Waals surface area contributed by atoms with Gasteiger partial charge < -0.3 is 10.1 Å². The average Bonchev–Trinajstić information content (AvgIpc) is 3.23.